The summed E-state index contributed by atoms with van der Waals surface area (Å²) in [7, 11) is 0. The van der Waals surface area contributed by atoms with Crippen molar-refractivity contribution >= 4 is 27.5 Å². The number of aromatic nitrogens is 3. The van der Waals surface area contributed by atoms with Crippen molar-refractivity contribution in [3.05, 3.63) is 39.3 Å². The maximum Gasteiger partial charge on any atom is 0.229 e. The zero-order valence-electron chi connectivity index (χ0n) is 8.72. The van der Waals surface area contributed by atoms with Gasteiger partial charge < -0.3 is 0 Å². The predicted molar refractivity (Wildman–Crippen MR) is 63.4 cm³/mol. The van der Waals surface area contributed by atoms with Crippen LogP contribution in [0.1, 0.15) is 12.7 Å². The van der Waals surface area contributed by atoms with Crippen molar-refractivity contribution < 1.29 is 8.78 Å². The summed E-state index contributed by atoms with van der Waals surface area (Å²) in [5.74, 6) is -0.894. The maximum atomic E-state index is 13.8. The first-order chi connectivity index (χ1) is 8.04. The molecule has 0 atom stereocenters. The Hall–Kier alpha value is -1.01. The Morgan fingerprint density at radius 2 is 2.06 bits per heavy atom. The standard InChI is InChI=1S/C10H7BrClF2N3/c1-2-8-15-16-10(12)17(8)9-6(11)3-5(13)4-7(9)14/h3-4H,2H2,1H3. The molecule has 0 saturated heterocycles. The molecule has 0 radical (unpaired) electrons. The number of hydrogen-bond acceptors (Lipinski definition) is 2. The summed E-state index contributed by atoms with van der Waals surface area (Å²) in [6.45, 7) is 1.84. The molecule has 1 aromatic carbocycles. The highest BCUT2D eigenvalue weighted by molar-refractivity contribution is 9.10. The van der Waals surface area contributed by atoms with E-state index in [2.05, 4.69) is 26.1 Å². The highest BCUT2D eigenvalue weighted by Crippen LogP contribution is 2.28. The quantitative estimate of drug-likeness (QED) is 0.847. The highest BCUT2D eigenvalue weighted by Gasteiger charge is 2.18. The molecule has 2 aromatic rings. The number of benzene rings is 1. The first kappa shape index (κ1) is 12.4. The van der Waals surface area contributed by atoms with Crippen molar-refractivity contribution in [3.63, 3.8) is 0 Å². The van der Waals surface area contributed by atoms with Crippen molar-refractivity contribution in [2.75, 3.05) is 0 Å². The van der Waals surface area contributed by atoms with E-state index in [-0.39, 0.29) is 15.4 Å². The van der Waals surface area contributed by atoms with Crippen LogP contribution >= 0.6 is 27.5 Å². The van der Waals surface area contributed by atoms with E-state index in [0.29, 0.717) is 12.2 Å². The normalized spacial score (nSPS) is 10.9. The summed E-state index contributed by atoms with van der Waals surface area (Å²) in [4.78, 5) is 0. The lowest BCUT2D eigenvalue weighted by molar-refractivity contribution is 0.574. The van der Waals surface area contributed by atoms with E-state index in [1.165, 1.54) is 4.57 Å². The molecule has 1 heterocycles. The van der Waals surface area contributed by atoms with Gasteiger partial charge in [0.2, 0.25) is 5.28 Å². The van der Waals surface area contributed by atoms with E-state index in [0.717, 1.165) is 12.1 Å². The van der Waals surface area contributed by atoms with Crippen molar-refractivity contribution in [2.24, 2.45) is 0 Å². The summed E-state index contributed by atoms with van der Waals surface area (Å²) in [6, 6.07) is 1.95. The molecule has 0 spiro atoms. The Morgan fingerprint density at radius 1 is 1.35 bits per heavy atom. The lowest BCUT2D eigenvalue weighted by Gasteiger charge is -2.10. The monoisotopic (exact) mass is 321 g/mol. The van der Waals surface area contributed by atoms with Crippen LogP contribution in [-0.4, -0.2) is 14.8 Å². The van der Waals surface area contributed by atoms with E-state index in [1.54, 1.807) is 0 Å². The van der Waals surface area contributed by atoms with Gasteiger partial charge in [0, 0.05) is 17.0 Å². The van der Waals surface area contributed by atoms with Gasteiger partial charge in [-0.1, -0.05) is 6.92 Å². The molecule has 0 unspecified atom stereocenters. The van der Waals surface area contributed by atoms with Crippen molar-refractivity contribution in [2.45, 2.75) is 13.3 Å². The molecule has 0 aliphatic heterocycles. The minimum atomic E-state index is -0.728. The molecular formula is C10H7BrClF2N3. The second-order valence-electron chi connectivity index (χ2n) is 3.29. The third-order valence-corrected chi connectivity index (χ3v) is 3.06. The maximum absolute atomic E-state index is 13.8. The smallest absolute Gasteiger partial charge is 0.229 e. The Morgan fingerprint density at radius 3 is 2.65 bits per heavy atom. The van der Waals surface area contributed by atoms with Crippen molar-refractivity contribution in [1.82, 2.24) is 14.8 Å². The van der Waals surface area contributed by atoms with Crippen LogP contribution in [0.15, 0.2) is 16.6 Å². The zero-order chi connectivity index (χ0) is 12.6. The SMILES string of the molecule is CCc1nnc(Cl)n1-c1c(F)cc(F)cc1Br. The molecule has 0 bridgehead atoms. The number of halogens is 4. The molecule has 0 aliphatic rings. The van der Waals surface area contributed by atoms with Gasteiger partial charge in [0.1, 0.15) is 11.6 Å². The van der Waals surface area contributed by atoms with Crippen LogP contribution < -0.4 is 0 Å². The molecule has 7 heteroatoms. The summed E-state index contributed by atoms with van der Waals surface area (Å²) >= 11 is 8.95. The molecule has 2 rings (SSSR count). The first-order valence-electron chi connectivity index (χ1n) is 4.79. The van der Waals surface area contributed by atoms with Crippen LogP contribution in [0.2, 0.25) is 5.28 Å². The summed E-state index contributed by atoms with van der Waals surface area (Å²) < 4.78 is 28.4. The van der Waals surface area contributed by atoms with Gasteiger partial charge in [0.05, 0.1) is 5.69 Å². The molecular weight excluding hydrogens is 315 g/mol. The van der Waals surface area contributed by atoms with Gasteiger partial charge in [0.15, 0.2) is 5.82 Å². The topological polar surface area (TPSA) is 30.7 Å². The summed E-state index contributed by atoms with van der Waals surface area (Å²) in [6.07, 6.45) is 0.531. The van der Waals surface area contributed by atoms with Gasteiger partial charge in [-0.25, -0.2) is 8.78 Å². The van der Waals surface area contributed by atoms with Gasteiger partial charge in [-0.05, 0) is 33.6 Å². The molecule has 0 saturated carbocycles. The van der Waals surface area contributed by atoms with E-state index >= 15 is 0 Å². The largest absolute Gasteiger partial charge is 0.266 e. The summed E-state index contributed by atoms with van der Waals surface area (Å²) in [5.41, 5.74) is 0.109. The Labute approximate surface area is 110 Å². The first-order valence-corrected chi connectivity index (χ1v) is 5.96. The minimum Gasteiger partial charge on any atom is -0.266 e. The molecule has 17 heavy (non-hydrogen) atoms. The van der Waals surface area contributed by atoms with Crippen LogP contribution in [0.5, 0.6) is 0 Å². The average Bonchev–Trinajstić information content (AvgIpc) is 2.59. The second kappa shape index (κ2) is 4.70. The average molecular weight is 323 g/mol. The minimum absolute atomic E-state index is 0.0352. The van der Waals surface area contributed by atoms with Crippen molar-refractivity contribution in [1.29, 1.82) is 0 Å². The second-order valence-corrected chi connectivity index (χ2v) is 4.48. The summed E-state index contributed by atoms with van der Waals surface area (Å²) in [5, 5.41) is 7.52. The van der Waals surface area contributed by atoms with Crippen LogP contribution in [0.4, 0.5) is 8.78 Å². The van der Waals surface area contributed by atoms with Gasteiger partial charge in [-0.2, -0.15) is 0 Å². The lowest BCUT2D eigenvalue weighted by atomic mass is 10.3. The van der Waals surface area contributed by atoms with Crippen molar-refractivity contribution in [3.8, 4) is 5.69 Å². The molecule has 0 fully saturated rings. The number of hydrogen-bond donors (Lipinski definition) is 0. The van der Waals surface area contributed by atoms with E-state index in [9.17, 15) is 8.78 Å². The fourth-order valence-electron chi connectivity index (χ4n) is 1.49. The molecule has 0 amide bonds. The van der Waals surface area contributed by atoms with Gasteiger partial charge in [-0.3, -0.25) is 4.57 Å². The van der Waals surface area contributed by atoms with Crippen LogP contribution in [0, 0.1) is 11.6 Å². The molecule has 0 N–H and O–H groups in total. The van der Waals surface area contributed by atoms with Crippen LogP contribution in [-0.2, 0) is 6.42 Å². The predicted octanol–water partition coefficient (Wildman–Crippen LogP) is 3.52. The van der Waals surface area contributed by atoms with Gasteiger partial charge in [-0.15, -0.1) is 10.2 Å². The van der Waals surface area contributed by atoms with E-state index in [4.69, 9.17) is 11.6 Å². The zero-order valence-corrected chi connectivity index (χ0v) is 11.1. The van der Waals surface area contributed by atoms with Crippen LogP contribution in [0.3, 0.4) is 0 Å². The Bertz CT molecular complexity index is 548. The number of rotatable bonds is 2. The molecule has 90 valence electrons. The Balaban J connectivity index is 2.72. The van der Waals surface area contributed by atoms with E-state index in [1.807, 2.05) is 6.92 Å². The van der Waals surface area contributed by atoms with Gasteiger partial charge >= 0.3 is 0 Å². The van der Waals surface area contributed by atoms with Crippen LogP contribution in [0.25, 0.3) is 5.69 Å². The molecule has 0 aliphatic carbocycles. The number of nitrogens with zero attached hydrogens (tertiary/aromatic N) is 3. The third-order valence-electron chi connectivity index (χ3n) is 2.21. The van der Waals surface area contributed by atoms with E-state index < -0.39 is 11.6 Å². The Kier molecular flexibility index (Phi) is 3.44. The fourth-order valence-corrected chi connectivity index (χ4v) is 2.30. The number of aryl methyl sites for hydroxylation is 1. The fraction of sp³-hybridized carbons (Fsp3) is 0.200. The van der Waals surface area contributed by atoms with Gasteiger partial charge in [0.25, 0.3) is 0 Å². The third kappa shape index (κ3) is 2.19. The molecule has 3 nitrogen and oxygen atoms in total. The lowest BCUT2D eigenvalue weighted by Crippen LogP contribution is -2.04. The molecule has 1 aromatic heterocycles. The highest BCUT2D eigenvalue weighted by atomic mass is 79.9.